The molecular formula is C25H31N5O3. The van der Waals surface area contributed by atoms with E-state index in [0.717, 1.165) is 56.8 Å². The number of hydrogen-bond donors (Lipinski definition) is 2. The third-order valence-corrected chi connectivity index (χ3v) is 7.32. The minimum atomic E-state index is -0.311. The van der Waals surface area contributed by atoms with E-state index in [-0.39, 0.29) is 23.4 Å². The molecule has 2 bridgehead atoms. The predicted molar refractivity (Wildman–Crippen MR) is 127 cm³/mol. The van der Waals surface area contributed by atoms with Crippen LogP contribution in [0.2, 0.25) is 0 Å². The van der Waals surface area contributed by atoms with Crippen molar-refractivity contribution in [2.45, 2.75) is 44.7 Å². The molecule has 0 spiro atoms. The number of urea groups is 1. The number of carbonyl (C=O) groups is 2. The number of fused-ring (bicyclic) bond motifs is 4. The van der Waals surface area contributed by atoms with Crippen molar-refractivity contribution in [2.75, 3.05) is 36.8 Å². The molecule has 0 aliphatic carbocycles. The lowest BCUT2D eigenvalue weighted by Gasteiger charge is -2.47. The molecule has 3 aliphatic rings. The number of anilines is 2. The first-order valence-electron chi connectivity index (χ1n) is 11.8. The second-order valence-electron chi connectivity index (χ2n) is 9.52. The van der Waals surface area contributed by atoms with Gasteiger partial charge >= 0.3 is 6.03 Å². The second kappa shape index (κ2) is 9.02. The van der Waals surface area contributed by atoms with Gasteiger partial charge in [-0.15, -0.1) is 0 Å². The van der Waals surface area contributed by atoms with E-state index in [1.807, 2.05) is 39.8 Å². The number of piperidine rings is 2. The number of amides is 3. The van der Waals surface area contributed by atoms with Crippen LogP contribution in [0.15, 0.2) is 47.3 Å². The Kier molecular flexibility index (Phi) is 5.93. The van der Waals surface area contributed by atoms with Gasteiger partial charge in [0.1, 0.15) is 0 Å². The number of aromatic nitrogens is 1. The van der Waals surface area contributed by atoms with Crippen LogP contribution in [0.5, 0.6) is 0 Å². The van der Waals surface area contributed by atoms with Gasteiger partial charge in [-0.3, -0.25) is 14.5 Å². The Morgan fingerprint density at radius 1 is 0.939 bits per heavy atom. The minimum absolute atomic E-state index is 0.00284. The first-order chi connectivity index (χ1) is 16.0. The molecule has 1 aromatic carbocycles. The number of hydrogen-bond acceptors (Lipinski definition) is 4. The van der Waals surface area contributed by atoms with Crippen LogP contribution >= 0.6 is 0 Å². The van der Waals surface area contributed by atoms with Crippen LogP contribution in [0.1, 0.15) is 37.8 Å². The molecule has 1 aromatic heterocycles. The summed E-state index contributed by atoms with van der Waals surface area (Å²) in [6.07, 6.45) is 3.01. The smallest absolute Gasteiger partial charge is 0.323 e. The van der Waals surface area contributed by atoms with Gasteiger partial charge in [0.15, 0.2) is 0 Å². The molecule has 2 N–H and O–H groups in total. The fraction of sp³-hybridized carbons (Fsp3) is 0.480. The molecular weight excluding hydrogens is 418 g/mol. The molecule has 2 saturated heterocycles. The van der Waals surface area contributed by atoms with Gasteiger partial charge in [0.05, 0.1) is 5.69 Å². The second-order valence-corrected chi connectivity index (χ2v) is 9.52. The zero-order chi connectivity index (χ0) is 22.9. The highest BCUT2D eigenvalue weighted by Crippen LogP contribution is 2.40. The lowest BCUT2D eigenvalue weighted by Crippen LogP contribution is -2.53. The van der Waals surface area contributed by atoms with Crippen LogP contribution in [0.3, 0.4) is 0 Å². The van der Waals surface area contributed by atoms with Gasteiger partial charge in [-0.2, -0.15) is 0 Å². The molecule has 0 saturated carbocycles. The Morgan fingerprint density at radius 2 is 1.70 bits per heavy atom. The SMILES string of the molecule is CC(=O)N1CCC(N2C[C@H]3C[C@H](C2)c2c(NC(=O)Nc4ccccc4)ccc(=O)n2C3)CC1. The molecule has 2 aromatic rings. The number of rotatable bonds is 3. The highest BCUT2D eigenvalue weighted by molar-refractivity contribution is 6.00. The zero-order valence-electron chi connectivity index (χ0n) is 19.0. The summed E-state index contributed by atoms with van der Waals surface area (Å²) >= 11 is 0. The molecule has 8 heteroatoms. The van der Waals surface area contributed by atoms with Crippen molar-refractivity contribution in [1.82, 2.24) is 14.4 Å². The molecule has 174 valence electrons. The molecule has 33 heavy (non-hydrogen) atoms. The van der Waals surface area contributed by atoms with Crippen molar-refractivity contribution in [3.8, 4) is 0 Å². The molecule has 4 heterocycles. The number of para-hydroxylation sites is 1. The summed E-state index contributed by atoms with van der Waals surface area (Å²) in [6, 6.07) is 12.8. The number of nitrogens with one attached hydrogen (secondary N) is 2. The van der Waals surface area contributed by atoms with E-state index in [1.54, 1.807) is 19.1 Å². The van der Waals surface area contributed by atoms with E-state index in [0.29, 0.717) is 24.2 Å². The Hall–Kier alpha value is -3.13. The van der Waals surface area contributed by atoms with Gasteiger partial charge in [-0.05, 0) is 43.4 Å². The van der Waals surface area contributed by atoms with Gasteiger partial charge in [-0.1, -0.05) is 18.2 Å². The summed E-state index contributed by atoms with van der Waals surface area (Å²) in [5.74, 6) is 0.777. The van der Waals surface area contributed by atoms with E-state index in [2.05, 4.69) is 15.5 Å². The lowest BCUT2D eigenvalue weighted by molar-refractivity contribution is -0.130. The molecule has 8 nitrogen and oxygen atoms in total. The standard InChI is InChI=1S/C25H31N5O3/c1-17(31)28-11-9-21(10-12-28)29-14-18-13-19(16-29)24-22(7-8-23(32)30(24)15-18)27-25(33)26-20-5-3-2-4-6-20/h2-8,18-19,21H,9-16H2,1H3,(H2,26,27,33)/t18-,19-/m1/s1. The number of benzene rings is 1. The lowest BCUT2D eigenvalue weighted by atomic mass is 9.81. The van der Waals surface area contributed by atoms with Crippen LogP contribution in [0, 0.1) is 5.92 Å². The van der Waals surface area contributed by atoms with Crippen LogP contribution < -0.4 is 16.2 Å². The summed E-state index contributed by atoms with van der Waals surface area (Å²) in [7, 11) is 0. The molecule has 0 unspecified atom stereocenters. The van der Waals surface area contributed by atoms with Gasteiger partial charge in [0.25, 0.3) is 5.56 Å². The summed E-state index contributed by atoms with van der Waals surface area (Å²) in [5, 5.41) is 5.85. The normalized spacial score (nSPS) is 23.0. The van der Waals surface area contributed by atoms with Crippen LogP contribution in [-0.2, 0) is 11.3 Å². The summed E-state index contributed by atoms with van der Waals surface area (Å²) in [4.78, 5) is 41.5. The van der Waals surface area contributed by atoms with E-state index < -0.39 is 0 Å². The van der Waals surface area contributed by atoms with Crippen LogP contribution in [-0.4, -0.2) is 58.5 Å². The van der Waals surface area contributed by atoms with Gasteiger partial charge < -0.3 is 20.1 Å². The van der Waals surface area contributed by atoms with Crippen molar-refractivity contribution in [3.05, 3.63) is 58.5 Å². The quantitative estimate of drug-likeness (QED) is 0.754. The molecule has 2 fully saturated rings. The third kappa shape index (κ3) is 4.53. The number of pyridine rings is 1. The fourth-order valence-corrected chi connectivity index (χ4v) is 5.81. The average molecular weight is 450 g/mol. The predicted octanol–water partition coefficient (Wildman–Crippen LogP) is 2.92. The highest BCUT2D eigenvalue weighted by atomic mass is 16.2. The average Bonchev–Trinajstić information content (AvgIpc) is 2.81. The van der Waals surface area contributed by atoms with Crippen molar-refractivity contribution < 1.29 is 9.59 Å². The van der Waals surface area contributed by atoms with Gasteiger partial charge in [0, 0.05) is 69.1 Å². The maximum absolute atomic E-state index is 12.7. The zero-order valence-corrected chi connectivity index (χ0v) is 19.0. The maximum atomic E-state index is 12.7. The number of carbonyl (C=O) groups excluding carboxylic acids is 2. The monoisotopic (exact) mass is 449 g/mol. The first kappa shape index (κ1) is 21.7. The Bertz CT molecular complexity index is 1090. The van der Waals surface area contributed by atoms with Crippen molar-refractivity contribution in [1.29, 1.82) is 0 Å². The topological polar surface area (TPSA) is 86.7 Å². The third-order valence-electron chi connectivity index (χ3n) is 7.32. The van der Waals surface area contributed by atoms with Crippen molar-refractivity contribution in [3.63, 3.8) is 0 Å². The largest absolute Gasteiger partial charge is 0.343 e. The summed E-state index contributed by atoms with van der Waals surface area (Å²) in [5.41, 5.74) is 2.36. The molecule has 3 aliphatic heterocycles. The Labute approximate surface area is 193 Å². The number of nitrogens with zero attached hydrogens (tertiary/aromatic N) is 3. The first-order valence-corrected chi connectivity index (χ1v) is 11.8. The summed E-state index contributed by atoms with van der Waals surface area (Å²) < 4.78 is 1.87. The van der Waals surface area contributed by atoms with Crippen LogP contribution in [0.4, 0.5) is 16.2 Å². The number of likely N-dealkylation sites (tertiary alicyclic amines) is 2. The van der Waals surface area contributed by atoms with Gasteiger partial charge in [-0.25, -0.2) is 4.79 Å². The molecule has 5 rings (SSSR count). The van der Waals surface area contributed by atoms with Crippen molar-refractivity contribution in [2.24, 2.45) is 5.92 Å². The molecule has 2 atom stereocenters. The van der Waals surface area contributed by atoms with E-state index in [9.17, 15) is 14.4 Å². The van der Waals surface area contributed by atoms with E-state index >= 15 is 0 Å². The molecule has 0 radical (unpaired) electrons. The Balaban J connectivity index is 1.34. The van der Waals surface area contributed by atoms with E-state index in [1.165, 1.54) is 0 Å². The van der Waals surface area contributed by atoms with E-state index in [4.69, 9.17) is 0 Å². The Morgan fingerprint density at radius 3 is 2.42 bits per heavy atom. The van der Waals surface area contributed by atoms with Crippen molar-refractivity contribution >= 4 is 23.3 Å². The molecule has 3 amide bonds. The summed E-state index contributed by atoms with van der Waals surface area (Å²) in [6.45, 7) is 5.81. The van der Waals surface area contributed by atoms with Crippen LogP contribution in [0.25, 0.3) is 0 Å². The highest BCUT2D eigenvalue weighted by Gasteiger charge is 2.39. The van der Waals surface area contributed by atoms with Gasteiger partial charge in [0.2, 0.25) is 5.91 Å². The fourth-order valence-electron chi connectivity index (χ4n) is 5.81. The minimum Gasteiger partial charge on any atom is -0.343 e. The maximum Gasteiger partial charge on any atom is 0.323 e.